The van der Waals surface area contributed by atoms with Crippen LogP contribution in [0, 0.1) is 24.2 Å². The van der Waals surface area contributed by atoms with Gasteiger partial charge in [-0.25, -0.2) is 0 Å². The van der Waals surface area contributed by atoms with Gasteiger partial charge in [0.15, 0.2) is 5.60 Å². The molecule has 3 fully saturated rings. The maximum atomic E-state index is 14.7. The zero-order valence-corrected chi connectivity index (χ0v) is 31.2. The van der Waals surface area contributed by atoms with Crippen molar-refractivity contribution < 1.29 is 38.3 Å². The van der Waals surface area contributed by atoms with Gasteiger partial charge in [0.1, 0.15) is 23.6 Å². The Bertz CT molecular complexity index is 1540. The van der Waals surface area contributed by atoms with Crippen LogP contribution in [0.15, 0.2) is 17.3 Å². The number of carbonyl (C=O) groups is 5. The summed E-state index contributed by atoms with van der Waals surface area (Å²) >= 11 is 0. The molecule has 51 heavy (non-hydrogen) atoms. The van der Waals surface area contributed by atoms with Gasteiger partial charge in [0.05, 0.1) is 32.5 Å². The molecule has 0 unspecified atom stereocenters. The van der Waals surface area contributed by atoms with E-state index < -0.39 is 52.6 Å². The smallest absolute Gasteiger partial charge is 0.289 e. The van der Waals surface area contributed by atoms with Crippen molar-refractivity contribution in [2.45, 2.75) is 122 Å². The number of ether oxygens (including phenoxy) is 2. The van der Waals surface area contributed by atoms with E-state index in [1.807, 2.05) is 33.8 Å². The quantitative estimate of drug-likeness (QED) is 0.262. The lowest BCUT2D eigenvalue weighted by molar-refractivity contribution is -0.145. The molecule has 13 nitrogen and oxygen atoms in total. The Morgan fingerprint density at radius 3 is 2.27 bits per heavy atom. The highest BCUT2D eigenvalue weighted by Gasteiger charge is 2.56. The first-order valence-electron chi connectivity index (χ1n) is 18.3. The zero-order chi connectivity index (χ0) is 37.1. The van der Waals surface area contributed by atoms with E-state index in [0.29, 0.717) is 35.6 Å². The van der Waals surface area contributed by atoms with Gasteiger partial charge in [-0.1, -0.05) is 58.0 Å². The minimum Gasteiger partial charge on any atom is -0.496 e. The van der Waals surface area contributed by atoms with E-state index in [1.54, 1.807) is 20.3 Å². The van der Waals surface area contributed by atoms with Crippen molar-refractivity contribution in [3.05, 3.63) is 23.3 Å². The summed E-state index contributed by atoms with van der Waals surface area (Å²) in [5.41, 5.74) is 0.433. The average Bonchev–Trinajstić information content (AvgIpc) is 3.71. The second-order valence-corrected chi connectivity index (χ2v) is 16.0. The molecule has 4 atom stereocenters. The van der Waals surface area contributed by atoms with Crippen molar-refractivity contribution in [1.29, 1.82) is 0 Å². The Balaban J connectivity index is 1.43. The summed E-state index contributed by atoms with van der Waals surface area (Å²) in [6.07, 6.45) is 8.25. The van der Waals surface area contributed by atoms with Crippen LogP contribution in [0.4, 0.5) is 0 Å². The molecule has 280 valence electrons. The van der Waals surface area contributed by atoms with Crippen molar-refractivity contribution in [3.63, 3.8) is 0 Å². The predicted molar refractivity (Wildman–Crippen MR) is 190 cm³/mol. The van der Waals surface area contributed by atoms with Gasteiger partial charge in [-0.2, -0.15) is 0 Å². The summed E-state index contributed by atoms with van der Waals surface area (Å²) < 4.78 is 11.1. The van der Waals surface area contributed by atoms with Crippen LogP contribution in [0.5, 0.6) is 11.5 Å². The van der Waals surface area contributed by atoms with Gasteiger partial charge in [-0.3, -0.25) is 24.0 Å². The van der Waals surface area contributed by atoms with Crippen molar-refractivity contribution in [2.24, 2.45) is 22.4 Å². The number of oxime groups is 1. The van der Waals surface area contributed by atoms with Crippen LogP contribution < -0.4 is 25.4 Å². The molecule has 4 aliphatic rings. The first-order chi connectivity index (χ1) is 24.2. The van der Waals surface area contributed by atoms with Gasteiger partial charge in [-0.15, -0.1) is 0 Å². The van der Waals surface area contributed by atoms with Gasteiger partial charge in [0.25, 0.3) is 5.91 Å². The van der Waals surface area contributed by atoms with Gasteiger partial charge in [0.2, 0.25) is 23.5 Å². The fourth-order valence-corrected chi connectivity index (χ4v) is 7.71. The molecule has 0 bridgehead atoms. The van der Waals surface area contributed by atoms with E-state index in [-0.39, 0.29) is 37.1 Å². The van der Waals surface area contributed by atoms with Crippen LogP contribution in [0.1, 0.15) is 103 Å². The molecule has 1 saturated heterocycles. The Morgan fingerprint density at radius 1 is 0.980 bits per heavy atom. The Hall–Kier alpha value is -4.16. The molecular formula is C38H55N5O8. The van der Waals surface area contributed by atoms with Crippen molar-refractivity contribution in [1.82, 2.24) is 20.9 Å². The fourth-order valence-electron chi connectivity index (χ4n) is 7.71. The summed E-state index contributed by atoms with van der Waals surface area (Å²) in [6, 6.07) is 0.679. The van der Waals surface area contributed by atoms with E-state index in [1.165, 1.54) is 18.4 Å². The molecule has 4 amide bonds. The molecule has 0 aromatic heterocycles. The molecule has 2 aliphatic carbocycles. The summed E-state index contributed by atoms with van der Waals surface area (Å²) in [7, 11) is 4.52. The number of aryl methyl sites for hydroxylation is 1. The van der Waals surface area contributed by atoms with Gasteiger partial charge in [0, 0.05) is 37.9 Å². The third-order valence-corrected chi connectivity index (χ3v) is 10.8. The number of ketones is 1. The molecule has 3 N–H and O–H groups in total. The summed E-state index contributed by atoms with van der Waals surface area (Å²) in [6.45, 7) is 7.59. The first kappa shape index (κ1) is 38.1. The number of methoxy groups -OCH3 is 2. The molecule has 1 aromatic rings. The number of likely N-dealkylation sites (N-methyl/N-ethyl adjacent to an activating group) is 1. The van der Waals surface area contributed by atoms with Crippen LogP contribution >= 0.6 is 0 Å². The average molecular weight is 710 g/mol. The first-order valence-corrected chi connectivity index (χ1v) is 18.3. The molecule has 13 heteroatoms. The highest BCUT2D eigenvalue weighted by Crippen LogP contribution is 2.42. The number of amides is 4. The fraction of sp³-hybridized carbons (Fsp3) is 0.684. The lowest BCUT2D eigenvalue weighted by atomic mass is 9.84. The van der Waals surface area contributed by atoms with E-state index in [2.05, 4.69) is 21.1 Å². The number of benzene rings is 1. The number of likely N-dealkylation sites (tertiary alicyclic amines) is 1. The van der Waals surface area contributed by atoms with Gasteiger partial charge < -0.3 is 35.2 Å². The minimum absolute atomic E-state index is 0.0239. The number of carbonyl (C=O) groups excluding carboxylic acids is 5. The topological polar surface area (TPSA) is 165 Å². The molecule has 5 rings (SSSR count). The van der Waals surface area contributed by atoms with Crippen molar-refractivity contribution in [2.75, 3.05) is 27.8 Å². The molecule has 1 aromatic carbocycles. The monoisotopic (exact) mass is 709 g/mol. The van der Waals surface area contributed by atoms with Crippen LogP contribution in [-0.2, 0) is 28.8 Å². The van der Waals surface area contributed by atoms with Crippen LogP contribution in [0.3, 0.4) is 0 Å². The third kappa shape index (κ3) is 8.84. The van der Waals surface area contributed by atoms with E-state index in [0.717, 1.165) is 44.1 Å². The Kier molecular flexibility index (Phi) is 11.7. The molecular weight excluding hydrogens is 654 g/mol. The summed E-state index contributed by atoms with van der Waals surface area (Å²) in [4.78, 5) is 75.5. The van der Waals surface area contributed by atoms with E-state index >= 15 is 0 Å². The Labute approximate surface area is 300 Å². The number of Topliss-reactive ketones (excluding diaryl/α,β-unsaturated/α-hetero) is 1. The van der Waals surface area contributed by atoms with Crippen LogP contribution in [-0.4, -0.2) is 91.6 Å². The van der Waals surface area contributed by atoms with E-state index in [9.17, 15) is 24.0 Å². The number of hydrogen-bond donors (Lipinski definition) is 3. The van der Waals surface area contributed by atoms with Gasteiger partial charge >= 0.3 is 0 Å². The van der Waals surface area contributed by atoms with Crippen LogP contribution in [0.25, 0.3) is 0 Å². The second-order valence-electron chi connectivity index (χ2n) is 16.0. The number of rotatable bonds is 13. The predicted octanol–water partition coefficient (Wildman–Crippen LogP) is 3.58. The Morgan fingerprint density at radius 2 is 1.67 bits per heavy atom. The third-order valence-electron chi connectivity index (χ3n) is 10.8. The second kappa shape index (κ2) is 15.6. The molecule has 2 saturated carbocycles. The maximum Gasteiger partial charge on any atom is 0.289 e. The highest BCUT2D eigenvalue weighted by atomic mass is 16.7. The van der Waals surface area contributed by atoms with Gasteiger partial charge in [-0.05, 0) is 55.1 Å². The van der Waals surface area contributed by atoms with Crippen molar-refractivity contribution >= 4 is 35.1 Å². The highest BCUT2D eigenvalue weighted by molar-refractivity contribution is 6.38. The largest absolute Gasteiger partial charge is 0.496 e. The summed E-state index contributed by atoms with van der Waals surface area (Å²) in [5.74, 6) is -0.950. The molecule has 1 spiro atoms. The van der Waals surface area contributed by atoms with Crippen molar-refractivity contribution in [3.8, 4) is 11.5 Å². The standard InChI is InChI=1S/C38H55N5O8/c1-22-15-25(30(50-7)18-29(22)49-6)27-19-38(51-42-27)20-28(34(46)40-26(16-24-13-14-24)32(45)35(47)39-5)43(21-38)36(48)33(37(2,3)4)41-31(44)17-23-11-9-8-10-12-23/h15,18,23-24,26,28,33H,8-14,16-17,19-21H2,1-7H3,(H,39,47)(H,40,46)(H,41,44)/t26-,28-,33+,38+/m0/s1. The number of nitrogens with zero attached hydrogens (tertiary/aromatic N) is 2. The van der Waals surface area contributed by atoms with E-state index in [4.69, 9.17) is 14.3 Å². The zero-order valence-electron chi connectivity index (χ0n) is 31.2. The SMILES string of the molecule is CNC(=O)C(=O)[C@H](CC1CC1)NC(=O)[C@@H]1C[C@]2(CC(c3cc(C)c(OC)cc3OC)=NO2)CN1C(=O)[C@@H](NC(=O)CC1CCCCC1)C(C)(C)C. The molecule has 0 radical (unpaired) electrons. The molecule has 2 aliphatic heterocycles. The normalized spacial score (nSPS) is 23.2. The lowest BCUT2D eigenvalue weighted by Crippen LogP contribution is -2.59. The minimum atomic E-state index is -1.06. The number of nitrogens with one attached hydrogen (secondary N) is 3. The maximum absolute atomic E-state index is 14.7. The molecule has 2 heterocycles. The number of hydrogen-bond acceptors (Lipinski definition) is 9. The lowest BCUT2D eigenvalue weighted by Gasteiger charge is -2.36. The van der Waals surface area contributed by atoms with Crippen LogP contribution in [0.2, 0.25) is 0 Å². The summed E-state index contributed by atoms with van der Waals surface area (Å²) in [5, 5.41) is 12.7.